The SMILES string of the molecule is CCCCC/C=C/C(C)CCCCCCCCCCO. The predicted octanol–water partition coefficient (Wildman–Crippen LogP) is 6.26. The fourth-order valence-electron chi connectivity index (χ4n) is 2.58. The Morgan fingerprint density at radius 1 is 0.800 bits per heavy atom. The van der Waals surface area contributed by atoms with Gasteiger partial charge in [-0.15, -0.1) is 0 Å². The molecule has 0 fully saturated rings. The molecular weight excluding hydrogens is 244 g/mol. The Labute approximate surface area is 127 Å². The summed E-state index contributed by atoms with van der Waals surface area (Å²) >= 11 is 0. The van der Waals surface area contributed by atoms with Crippen molar-refractivity contribution in [2.24, 2.45) is 5.92 Å². The van der Waals surface area contributed by atoms with E-state index in [1.165, 1.54) is 77.0 Å². The van der Waals surface area contributed by atoms with E-state index in [-0.39, 0.29) is 0 Å². The van der Waals surface area contributed by atoms with Crippen molar-refractivity contribution >= 4 is 0 Å². The van der Waals surface area contributed by atoms with Crippen LogP contribution in [0.1, 0.15) is 97.3 Å². The minimum absolute atomic E-state index is 0.365. The zero-order chi connectivity index (χ0) is 14.9. The Kier molecular flexibility index (Phi) is 16.5. The summed E-state index contributed by atoms with van der Waals surface area (Å²) < 4.78 is 0. The molecule has 0 amide bonds. The van der Waals surface area contributed by atoms with Crippen LogP contribution < -0.4 is 0 Å². The van der Waals surface area contributed by atoms with Crippen molar-refractivity contribution in [3.05, 3.63) is 12.2 Å². The van der Waals surface area contributed by atoms with Crippen molar-refractivity contribution in [1.29, 1.82) is 0 Å². The quantitative estimate of drug-likeness (QED) is 0.277. The van der Waals surface area contributed by atoms with Crippen molar-refractivity contribution in [3.63, 3.8) is 0 Å². The van der Waals surface area contributed by atoms with Gasteiger partial charge in [0.15, 0.2) is 0 Å². The number of allylic oxidation sites excluding steroid dienone is 2. The van der Waals surface area contributed by atoms with Gasteiger partial charge in [0.2, 0.25) is 0 Å². The number of rotatable bonds is 15. The Morgan fingerprint density at radius 2 is 1.40 bits per heavy atom. The zero-order valence-electron chi connectivity index (χ0n) is 14.1. The molecule has 0 aliphatic heterocycles. The highest BCUT2D eigenvalue weighted by molar-refractivity contribution is 4.86. The van der Waals surface area contributed by atoms with Crippen LogP contribution in [0.2, 0.25) is 0 Å². The average Bonchev–Trinajstić information content (AvgIpc) is 2.45. The Balaban J connectivity index is 3.20. The first kappa shape index (κ1) is 19.7. The molecule has 1 heteroatoms. The third-order valence-corrected chi connectivity index (χ3v) is 4.01. The first-order chi connectivity index (χ1) is 9.81. The molecule has 0 spiro atoms. The molecule has 0 saturated carbocycles. The van der Waals surface area contributed by atoms with Gasteiger partial charge in [-0.05, 0) is 31.6 Å². The largest absolute Gasteiger partial charge is 0.396 e. The molecule has 0 saturated heterocycles. The molecule has 1 N–H and O–H groups in total. The van der Waals surface area contributed by atoms with Crippen LogP contribution in [-0.2, 0) is 0 Å². The molecule has 1 nitrogen and oxygen atoms in total. The van der Waals surface area contributed by atoms with Crippen LogP contribution in [0.25, 0.3) is 0 Å². The third-order valence-electron chi connectivity index (χ3n) is 4.01. The Hall–Kier alpha value is -0.300. The van der Waals surface area contributed by atoms with Gasteiger partial charge in [0, 0.05) is 6.61 Å². The number of unbranched alkanes of at least 4 members (excludes halogenated alkanes) is 10. The van der Waals surface area contributed by atoms with E-state index in [1.54, 1.807) is 0 Å². The average molecular weight is 283 g/mol. The van der Waals surface area contributed by atoms with E-state index in [4.69, 9.17) is 5.11 Å². The van der Waals surface area contributed by atoms with Gasteiger partial charge >= 0.3 is 0 Å². The lowest BCUT2D eigenvalue weighted by Gasteiger charge is -2.06. The fourth-order valence-corrected chi connectivity index (χ4v) is 2.58. The van der Waals surface area contributed by atoms with Crippen LogP contribution in [-0.4, -0.2) is 11.7 Å². The normalized spacial score (nSPS) is 13.2. The second-order valence-electron chi connectivity index (χ2n) is 6.24. The molecule has 1 atom stereocenters. The summed E-state index contributed by atoms with van der Waals surface area (Å²) in [4.78, 5) is 0. The first-order valence-corrected chi connectivity index (χ1v) is 9.08. The molecule has 0 aliphatic carbocycles. The summed E-state index contributed by atoms with van der Waals surface area (Å²) in [6.45, 7) is 4.98. The second kappa shape index (κ2) is 16.8. The zero-order valence-corrected chi connectivity index (χ0v) is 14.1. The van der Waals surface area contributed by atoms with E-state index < -0.39 is 0 Å². The second-order valence-corrected chi connectivity index (χ2v) is 6.24. The number of hydrogen-bond acceptors (Lipinski definition) is 1. The van der Waals surface area contributed by atoms with Crippen LogP contribution in [0.15, 0.2) is 12.2 Å². The third kappa shape index (κ3) is 15.8. The Bertz CT molecular complexity index is 198. The van der Waals surface area contributed by atoms with Gasteiger partial charge in [0.25, 0.3) is 0 Å². The maximum Gasteiger partial charge on any atom is 0.0431 e. The lowest BCUT2D eigenvalue weighted by Crippen LogP contribution is -1.90. The fraction of sp³-hybridized carbons (Fsp3) is 0.895. The minimum atomic E-state index is 0.365. The van der Waals surface area contributed by atoms with Gasteiger partial charge < -0.3 is 5.11 Å². The summed E-state index contributed by atoms with van der Waals surface area (Å²) in [5, 5.41) is 8.69. The van der Waals surface area contributed by atoms with E-state index >= 15 is 0 Å². The van der Waals surface area contributed by atoms with Crippen molar-refractivity contribution in [3.8, 4) is 0 Å². The smallest absolute Gasteiger partial charge is 0.0431 e. The van der Waals surface area contributed by atoms with E-state index in [2.05, 4.69) is 26.0 Å². The summed E-state index contributed by atoms with van der Waals surface area (Å²) in [5.74, 6) is 0.765. The molecular formula is C19H38O. The van der Waals surface area contributed by atoms with Gasteiger partial charge in [0.05, 0.1) is 0 Å². The highest BCUT2D eigenvalue weighted by atomic mass is 16.2. The summed E-state index contributed by atoms with van der Waals surface area (Å²) in [5.41, 5.74) is 0. The maximum absolute atomic E-state index is 8.69. The van der Waals surface area contributed by atoms with E-state index in [0.717, 1.165) is 12.3 Å². The summed E-state index contributed by atoms with van der Waals surface area (Å²) in [7, 11) is 0. The highest BCUT2D eigenvalue weighted by Crippen LogP contribution is 2.14. The number of aliphatic hydroxyl groups excluding tert-OH is 1. The lowest BCUT2D eigenvalue weighted by molar-refractivity contribution is 0.282. The molecule has 0 aromatic carbocycles. The monoisotopic (exact) mass is 282 g/mol. The summed E-state index contributed by atoms with van der Waals surface area (Å²) in [6, 6.07) is 0. The summed E-state index contributed by atoms with van der Waals surface area (Å²) in [6.07, 6.45) is 21.9. The molecule has 0 radical (unpaired) electrons. The molecule has 0 aromatic rings. The van der Waals surface area contributed by atoms with Crippen molar-refractivity contribution < 1.29 is 5.11 Å². The van der Waals surface area contributed by atoms with Crippen LogP contribution >= 0.6 is 0 Å². The van der Waals surface area contributed by atoms with Gasteiger partial charge in [-0.1, -0.05) is 83.8 Å². The molecule has 0 bridgehead atoms. The van der Waals surface area contributed by atoms with Crippen molar-refractivity contribution in [2.45, 2.75) is 97.3 Å². The van der Waals surface area contributed by atoms with E-state index in [9.17, 15) is 0 Å². The maximum atomic E-state index is 8.69. The molecule has 1 unspecified atom stereocenters. The number of aliphatic hydroxyl groups is 1. The van der Waals surface area contributed by atoms with Crippen LogP contribution in [0, 0.1) is 5.92 Å². The van der Waals surface area contributed by atoms with Crippen molar-refractivity contribution in [2.75, 3.05) is 6.61 Å². The van der Waals surface area contributed by atoms with Gasteiger partial charge in [-0.3, -0.25) is 0 Å². The van der Waals surface area contributed by atoms with Crippen LogP contribution in [0.5, 0.6) is 0 Å². The molecule has 0 rings (SSSR count). The first-order valence-electron chi connectivity index (χ1n) is 9.08. The molecule has 0 aromatic heterocycles. The topological polar surface area (TPSA) is 20.2 Å². The molecule has 20 heavy (non-hydrogen) atoms. The Morgan fingerprint density at radius 3 is 2.00 bits per heavy atom. The van der Waals surface area contributed by atoms with Crippen molar-refractivity contribution in [1.82, 2.24) is 0 Å². The van der Waals surface area contributed by atoms with E-state index in [0.29, 0.717) is 6.61 Å². The minimum Gasteiger partial charge on any atom is -0.396 e. The highest BCUT2D eigenvalue weighted by Gasteiger charge is 1.97. The van der Waals surface area contributed by atoms with Gasteiger partial charge in [-0.25, -0.2) is 0 Å². The van der Waals surface area contributed by atoms with Gasteiger partial charge in [-0.2, -0.15) is 0 Å². The van der Waals surface area contributed by atoms with Crippen LogP contribution in [0.4, 0.5) is 0 Å². The van der Waals surface area contributed by atoms with Crippen LogP contribution in [0.3, 0.4) is 0 Å². The lowest BCUT2D eigenvalue weighted by atomic mass is 10.0. The number of hydrogen-bond donors (Lipinski definition) is 1. The standard InChI is InChI=1S/C19H38O/c1-3-4-5-10-13-16-19(2)17-14-11-8-6-7-9-12-15-18-20/h13,16,19-20H,3-12,14-15,17-18H2,1-2H3/b16-13+. The predicted molar refractivity (Wildman–Crippen MR) is 91.1 cm³/mol. The van der Waals surface area contributed by atoms with E-state index in [1.807, 2.05) is 0 Å². The molecule has 0 heterocycles. The molecule has 120 valence electrons. The van der Waals surface area contributed by atoms with Gasteiger partial charge in [0.1, 0.15) is 0 Å². The molecule has 0 aliphatic rings.